The number of benzene rings is 27. The van der Waals surface area contributed by atoms with Crippen LogP contribution in [-0.4, -0.2) is 0 Å². The van der Waals surface area contributed by atoms with Crippen LogP contribution in [0.5, 0.6) is 0 Å². The molecule has 33 aromatic rings. The van der Waals surface area contributed by atoms with Gasteiger partial charge in [-0.05, 0) is 375 Å². The van der Waals surface area contributed by atoms with Crippen LogP contribution < -0.4 is 0 Å². The molecule has 0 heterocycles. The lowest BCUT2D eigenvalue weighted by Crippen LogP contribution is -1.91. The fraction of sp³-hybridized carbons (Fsp3) is 0. The molecule has 0 aliphatic carbocycles. The lowest BCUT2D eigenvalue weighted by molar-refractivity contribution is 1.66. The molecule has 0 unspecified atom stereocenters. The van der Waals surface area contributed by atoms with Crippen LogP contribution in [-0.2, 0) is 0 Å². The van der Waals surface area contributed by atoms with Gasteiger partial charge in [-0.25, -0.2) is 0 Å². The highest BCUT2D eigenvalue weighted by Crippen LogP contribution is 2.61. The van der Waals surface area contributed by atoms with Gasteiger partial charge < -0.3 is 0 Å². The number of hydrogen-bond acceptors (Lipinski definition) is 0. The van der Waals surface area contributed by atoms with E-state index in [2.05, 4.69) is 510 Å². The van der Waals surface area contributed by atoms with Gasteiger partial charge in [0, 0.05) is 0 Å². The maximum absolute atomic E-state index is 2.53. The second-order valence-electron chi connectivity index (χ2n) is 39.4. The van der Waals surface area contributed by atoms with E-state index in [1.165, 1.54) is 326 Å². The van der Waals surface area contributed by atoms with E-state index in [4.69, 9.17) is 0 Å². The summed E-state index contributed by atoms with van der Waals surface area (Å²) in [6.07, 6.45) is 0. The normalized spacial score (nSPS) is 12.2. The standard InChI is InChI=1S/3C48H28/c1-4-13-29(14-5-1)33-25-26-34-35-21-12-24-38-45(35)40(39(34)27-33)28-41-43(31-15-6-2-7-16-31)47-36-22-10-19-30-20-11-23-37(42(30)36)48(47)44(46(38)41)32-17-8-3-9-18-32;1-4-14-29(15-5-1)33-26-32-20-12-24-37-42(32)40(27-33)48-43(30-16-6-2-7-17-30)41-28-39-35-22-11-10-21-34(35)36-23-13-25-38(45(36)39)46(41)44(47(37)48)31-18-8-3-9-19-31;1-4-14-29(15-5-1)33-26-32-20-12-24-37-42(32)40(27-33)48-44(31-18-8-3-9-19-31)46-38-25-13-23-36-34-21-10-11-22-35(34)39(45(36)38)28-41(46)43(47(37)48)30-16-6-2-7-17-30/h3*1-28H. The first-order valence-electron chi connectivity index (χ1n) is 50.3. The predicted octanol–water partition coefficient (Wildman–Crippen LogP) is 40.9. The van der Waals surface area contributed by atoms with Gasteiger partial charge >= 0.3 is 0 Å². The first-order chi connectivity index (χ1) is 71.5. The lowest BCUT2D eigenvalue weighted by atomic mass is 9.83. The fourth-order valence-electron chi connectivity index (χ4n) is 26.4. The SMILES string of the molecule is c1ccc(-c2cc3cccc4c5c(-c6ccccc6)c6c(cc7c8ccccc8c8cccc6c87)c(-c6ccccc6)c5c(c2)c34)cc1.c1ccc(-c2cc3cccc4c5c(-c6ccccc6)c6cc7c8ccccc8c8cccc(c6c(-c6ccccc6)c5c(c2)c34)c87)cc1.c1ccc(-c2ccc3c(c2)c2cc4c(-c5ccccc5)c5c6cccc7cccc(c5c(-c5ccccc5)c4c4cccc3c24)c76)cc1. The Labute approximate surface area is 829 Å². The van der Waals surface area contributed by atoms with E-state index in [0.717, 1.165) is 0 Å². The summed E-state index contributed by atoms with van der Waals surface area (Å²) in [6, 6.07) is 189. The monoisotopic (exact) mass is 1810 g/mol. The molecule has 0 N–H and O–H groups in total. The summed E-state index contributed by atoms with van der Waals surface area (Å²) in [6.45, 7) is 0. The van der Waals surface area contributed by atoms with E-state index in [9.17, 15) is 0 Å². The van der Waals surface area contributed by atoms with E-state index in [1.807, 2.05) is 0 Å². The summed E-state index contributed by atoms with van der Waals surface area (Å²) in [5.41, 5.74) is 22.9. The molecule has 0 fully saturated rings. The van der Waals surface area contributed by atoms with Crippen molar-refractivity contribution in [3.8, 4) is 100 Å². The molecule has 0 radical (unpaired) electrons. The molecule has 0 aliphatic rings. The molecular formula is C144H84. The second-order valence-corrected chi connectivity index (χ2v) is 39.4. The van der Waals surface area contributed by atoms with Gasteiger partial charge in [0.15, 0.2) is 0 Å². The molecule has 0 saturated carbocycles. The highest BCUT2D eigenvalue weighted by molar-refractivity contribution is 6.50. The molecule has 0 bridgehead atoms. The Morgan fingerprint density at radius 1 is 0.0694 bits per heavy atom. The van der Waals surface area contributed by atoms with Crippen LogP contribution in [0.4, 0.5) is 0 Å². The second kappa shape index (κ2) is 31.4. The van der Waals surface area contributed by atoms with Gasteiger partial charge in [-0.2, -0.15) is 0 Å². The minimum atomic E-state index is 1.24. The average Bonchev–Trinajstić information content (AvgIpc) is 1.52. The Bertz CT molecular complexity index is 11000. The maximum Gasteiger partial charge on any atom is -0.000697 e. The molecule has 0 heteroatoms. The van der Waals surface area contributed by atoms with Gasteiger partial charge in [-0.3, -0.25) is 0 Å². The summed E-state index contributed by atoms with van der Waals surface area (Å²) >= 11 is 0. The van der Waals surface area contributed by atoms with Crippen molar-refractivity contribution in [2.75, 3.05) is 0 Å². The molecule has 0 spiro atoms. The minimum absolute atomic E-state index is 1.24. The van der Waals surface area contributed by atoms with E-state index in [-0.39, 0.29) is 0 Å². The Morgan fingerprint density at radius 2 is 0.278 bits per heavy atom. The van der Waals surface area contributed by atoms with Crippen LogP contribution in [0.25, 0.3) is 326 Å². The molecular weight excluding hydrogens is 1730 g/mol. The predicted molar refractivity (Wildman–Crippen MR) is 623 cm³/mol. The largest absolute Gasteiger partial charge is 0.0622 e. The van der Waals surface area contributed by atoms with Crippen molar-refractivity contribution < 1.29 is 0 Å². The van der Waals surface area contributed by atoms with Crippen molar-refractivity contribution in [2.24, 2.45) is 0 Å². The zero-order valence-electron chi connectivity index (χ0n) is 78.5. The van der Waals surface area contributed by atoms with Crippen molar-refractivity contribution in [3.63, 3.8) is 0 Å². The van der Waals surface area contributed by atoms with Crippen molar-refractivity contribution in [1.82, 2.24) is 0 Å². The summed E-state index contributed by atoms with van der Waals surface area (Å²) in [5.74, 6) is 0. The van der Waals surface area contributed by atoms with E-state index < -0.39 is 0 Å². The van der Waals surface area contributed by atoms with Crippen molar-refractivity contribution >= 4 is 226 Å². The van der Waals surface area contributed by atoms with Crippen molar-refractivity contribution in [3.05, 3.63) is 510 Å². The smallest absolute Gasteiger partial charge is 0.000697 e. The van der Waals surface area contributed by atoms with Crippen molar-refractivity contribution in [1.29, 1.82) is 0 Å². The average molecular weight is 1810 g/mol. The lowest BCUT2D eigenvalue weighted by Gasteiger charge is -2.19. The molecule has 0 saturated heterocycles. The summed E-state index contributed by atoms with van der Waals surface area (Å²) in [5, 5.41) is 55.8. The molecule has 0 amide bonds. The van der Waals surface area contributed by atoms with Gasteiger partial charge in [-0.15, -0.1) is 0 Å². The highest BCUT2D eigenvalue weighted by atomic mass is 14.4. The highest BCUT2D eigenvalue weighted by Gasteiger charge is 2.33. The quantitative estimate of drug-likeness (QED) is 0.126. The zero-order chi connectivity index (χ0) is 94.0. The van der Waals surface area contributed by atoms with Crippen LogP contribution in [0.1, 0.15) is 0 Å². The Morgan fingerprint density at radius 3 is 0.604 bits per heavy atom. The molecule has 0 aromatic heterocycles. The van der Waals surface area contributed by atoms with E-state index in [0.29, 0.717) is 0 Å². The summed E-state index contributed by atoms with van der Waals surface area (Å²) in [4.78, 5) is 0. The van der Waals surface area contributed by atoms with Gasteiger partial charge in [0.05, 0.1) is 0 Å². The van der Waals surface area contributed by atoms with Gasteiger partial charge in [0.2, 0.25) is 0 Å². The molecule has 0 aliphatic heterocycles. The van der Waals surface area contributed by atoms with E-state index in [1.54, 1.807) is 0 Å². The Balaban J connectivity index is 0.0000000986. The van der Waals surface area contributed by atoms with Crippen LogP contribution in [0.3, 0.4) is 0 Å². The van der Waals surface area contributed by atoms with Gasteiger partial charge in [0.1, 0.15) is 0 Å². The first-order valence-corrected chi connectivity index (χ1v) is 50.3. The number of rotatable bonds is 9. The van der Waals surface area contributed by atoms with E-state index >= 15 is 0 Å². The molecule has 33 rings (SSSR count). The topological polar surface area (TPSA) is 0 Å². The minimum Gasteiger partial charge on any atom is -0.0622 e. The van der Waals surface area contributed by atoms with Crippen LogP contribution in [0.2, 0.25) is 0 Å². The maximum atomic E-state index is 2.53. The third kappa shape index (κ3) is 11.6. The van der Waals surface area contributed by atoms with Gasteiger partial charge in [-0.1, -0.05) is 461 Å². The Kier molecular flexibility index (Phi) is 17.5. The molecule has 0 nitrogen and oxygen atoms in total. The van der Waals surface area contributed by atoms with Crippen LogP contribution >= 0.6 is 0 Å². The Hall–Kier alpha value is -18.7. The molecule has 33 aromatic carbocycles. The summed E-state index contributed by atoms with van der Waals surface area (Å²) in [7, 11) is 0. The first kappa shape index (κ1) is 80.3. The third-order valence-corrected chi connectivity index (χ3v) is 32.1. The number of fused-ring (bicyclic) bond motifs is 24. The van der Waals surface area contributed by atoms with Crippen molar-refractivity contribution in [2.45, 2.75) is 0 Å². The number of hydrogen-bond donors (Lipinski definition) is 0. The van der Waals surface area contributed by atoms with Crippen LogP contribution in [0.15, 0.2) is 510 Å². The summed E-state index contributed by atoms with van der Waals surface area (Å²) < 4.78 is 0. The fourth-order valence-corrected chi connectivity index (χ4v) is 26.4. The zero-order valence-corrected chi connectivity index (χ0v) is 78.5. The van der Waals surface area contributed by atoms with Gasteiger partial charge in [0.25, 0.3) is 0 Å². The molecule has 0 atom stereocenters. The molecule has 660 valence electrons. The third-order valence-electron chi connectivity index (χ3n) is 32.1. The molecule has 144 heavy (non-hydrogen) atoms. The van der Waals surface area contributed by atoms with Crippen LogP contribution in [0, 0.1) is 0 Å².